The first-order valence-electron chi connectivity index (χ1n) is 6.97. The largest absolute Gasteiger partial charge is 0.346 e. The highest BCUT2D eigenvalue weighted by molar-refractivity contribution is 6.35. The third kappa shape index (κ3) is 5.41. The van der Waals surface area contributed by atoms with Gasteiger partial charge in [0.2, 0.25) is 11.8 Å². The zero-order chi connectivity index (χ0) is 16.0. The summed E-state index contributed by atoms with van der Waals surface area (Å²) in [6.07, 6.45) is 1.38. The lowest BCUT2D eigenvalue weighted by atomic mass is 9.97. The average molecular weight is 298 g/mol. The van der Waals surface area contributed by atoms with Crippen molar-refractivity contribution in [3.8, 4) is 0 Å². The van der Waals surface area contributed by atoms with E-state index in [0.29, 0.717) is 19.5 Å². The summed E-state index contributed by atoms with van der Waals surface area (Å²) in [5, 5.41) is 2.41. The van der Waals surface area contributed by atoms with Gasteiger partial charge in [0.05, 0.1) is 5.92 Å². The number of nitrogens with one attached hydrogen (secondary N) is 3. The molecule has 0 bridgehead atoms. The molecule has 21 heavy (non-hydrogen) atoms. The third-order valence-electron chi connectivity index (χ3n) is 3.16. The number of rotatable bonds is 2. The molecule has 1 aliphatic rings. The van der Waals surface area contributed by atoms with Crippen molar-refractivity contribution >= 4 is 23.6 Å². The number of amides is 4. The molecule has 118 valence electrons. The first-order valence-corrected chi connectivity index (χ1v) is 6.97. The minimum atomic E-state index is -0.920. The topological polar surface area (TPSA) is 108 Å². The second kappa shape index (κ2) is 7.61. The maximum atomic E-state index is 11.9. The van der Waals surface area contributed by atoms with Crippen LogP contribution in [0.3, 0.4) is 0 Å². The van der Waals surface area contributed by atoms with Crippen molar-refractivity contribution in [2.75, 3.05) is 13.1 Å². The maximum Gasteiger partial charge on any atom is 0.327 e. The molecule has 0 aliphatic carbocycles. The van der Waals surface area contributed by atoms with E-state index in [2.05, 4.69) is 16.2 Å². The van der Waals surface area contributed by atoms with Crippen molar-refractivity contribution in [1.82, 2.24) is 21.1 Å². The zero-order valence-corrected chi connectivity index (χ0v) is 12.6. The number of carbonyl (C=O) groups excluding carboxylic acids is 4. The Morgan fingerprint density at radius 3 is 2.33 bits per heavy atom. The zero-order valence-electron chi connectivity index (χ0n) is 12.6. The van der Waals surface area contributed by atoms with Crippen molar-refractivity contribution in [2.24, 2.45) is 5.92 Å². The first-order chi connectivity index (χ1) is 9.81. The molecule has 1 atom stereocenters. The van der Waals surface area contributed by atoms with E-state index in [1.807, 2.05) is 0 Å². The van der Waals surface area contributed by atoms with Crippen molar-refractivity contribution in [2.45, 2.75) is 39.7 Å². The number of hydrogen-bond donors (Lipinski definition) is 3. The molecule has 0 aromatic heterocycles. The van der Waals surface area contributed by atoms with Crippen molar-refractivity contribution in [1.29, 1.82) is 0 Å². The van der Waals surface area contributed by atoms with Gasteiger partial charge in [-0.3, -0.25) is 30.0 Å². The van der Waals surface area contributed by atoms with Crippen LogP contribution in [0.2, 0.25) is 0 Å². The van der Waals surface area contributed by atoms with Gasteiger partial charge >= 0.3 is 11.8 Å². The number of piperidine rings is 1. The predicted octanol–water partition coefficient (Wildman–Crippen LogP) is -1.08. The molecule has 0 aromatic rings. The van der Waals surface area contributed by atoms with E-state index in [1.54, 1.807) is 18.7 Å². The van der Waals surface area contributed by atoms with E-state index in [0.717, 1.165) is 6.42 Å². The SMILES string of the molecule is CC(=O)N1CCC[C@H](C(=O)NNC(=O)C(=O)NC(C)C)C1. The van der Waals surface area contributed by atoms with Crippen LogP contribution in [-0.4, -0.2) is 47.7 Å². The molecule has 1 heterocycles. The highest BCUT2D eigenvalue weighted by Crippen LogP contribution is 2.16. The lowest BCUT2D eigenvalue weighted by Gasteiger charge is -2.31. The molecule has 4 amide bonds. The van der Waals surface area contributed by atoms with Crippen molar-refractivity contribution in [3.63, 3.8) is 0 Å². The van der Waals surface area contributed by atoms with Crippen LogP contribution in [0.25, 0.3) is 0 Å². The van der Waals surface area contributed by atoms with E-state index >= 15 is 0 Å². The lowest BCUT2D eigenvalue weighted by Crippen LogP contribution is -2.53. The summed E-state index contributed by atoms with van der Waals surface area (Å²) in [5.74, 6) is -2.58. The van der Waals surface area contributed by atoms with Crippen LogP contribution in [0, 0.1) is 5.92 Å². The summed E-state index contributed by atoms with van der Waals surface area (Å²) in [5.41, 5.74) is 4.30. The highest BCUT2D eigenvalue weighted by atomic mass is 16.2. The van der Waals surface area contributed by atoms with E-state index in [1.165, 1.54) is 6.92 Å². The average Bonchev–Trinajstić information content (AvgIpc) is 2.43. The van der Waals surface area contributed by atoms with Crippen LogP contribution in [0.4, 0.5) is 0 Å². The molecule has 1 saturated heterocycles. The summed E-state index contributed by atoms with van der Waals surface area (Å²) < 4.78 is 0. The molecule has 0 unspecified atom stereocenters. The molecule has 0 saturated carbocycles. The Morgan fingerprint density at radius 1 is 1.10 bits per heavy atom. The van der Waals surface area contributed by atoms with Crippen molar-refractivity contribution in [3.05, 3.63) is 0 Å². The van der Waals surface area contributed by atoms with Gasteiger partial charge in [-0.2, -0.15) is 0 Å². The molecular formula is C13H22N4O4. The van der Waals surface area contributed by atoms with Gasteiger partial charge in [-0.25, -0.2) is 0 Å². The molecular weight excluding hydrogens is 276 g/mol. The van der Waals surface area contributed by atoms with E-state index < -0.39 is 17.7 Å². The number of likely N-dealkylation sites (tertiary alicyclic amines) is 1. The van der Waals surface area contributed by atoms with E-state index in [4.69, 9.17) is 0 Å². The normalized spacial score (nSPS) is 18.1. The Balaban J connectivity index is 2.41. The Hall–Kier alpha value is -2.12. The van der Waals surface area contributed by atoms with Gasteiger partial charge in [0, 0.05) is 26.1 Å². The summed E-state index contributed by atoms with van der Waals surface area (Å²) >= 11 is 0. The fourth-order valence-corrected chi connectivity index (χ4v) is 2.08. The van der Waals surface area contributed by atoms with Crippen LogP contribution < -0.4 is 16.2 Å². The van der Waals surface area contributed by atoms with Gasteiger partial charge < -0.3 is 10.2 Å². The minimum Gasteiger partial charge on any atom is -0.346 e. The van der Waals surface area contributed by atoms with Crippen LogP contribution in [0.5, 0.6) is 0 Å². The molecule has 1 aliphatic heterocycles. The second-order valence-electron chi connectivity index (χ2n) is 5.38. The summed E-state index contributed by atoms with van der Waals surface area (Å²) in [6, 6.07) is -0.165. The molecule has 3 N–H and O–H groups in total. The minimum absolute atomic E-state index is 0.0761. The Bertz CT molecular complexity index is 436. The molecule has 8 nitrogen and oxygen atoms in total. The van der Waals surface area contributed by atoms with Crippen LogP contribution in [-0.2, 0) is 19.2 Å². The lowest BCUT2D eigenvalue weighted by molar-refractivity contribution is -0.142. The third-order valence-corrected chi connectivity index (χ3v) is 3.16. The van der Waals surface area contributed by atoms with Gasteiger partial charge in [-0.15, -0.1) is 0 Å². The van der Waals surface area contributed by atoms with Crippen molar-refractivity contribution < 1.29 is 19.2 Å². The fraction of sp³-hybridized carbons (Fsp3) is 0.692. The van der Waals surface area contributed by atoms with E-state index in [9.17, 15) is 19.2 Å². The van der Waals surface area contributed by atoms with Gasteiger partial charge in [0.15, 0.2) is 0 Å². The van der Waals surface area contributed by atoms with Crippen LogP contribution >= 0.6 is 0 Å². The molecule has 0 aromatic carbocycles. The quantitative estimate of drug-likeness (QED) is 0.445. The Morgan fingerprint density at radius 2 is 1.76 bits per heavy atom. The number of nitrogens with zero attached hydrogens (tertiary/aromatic N) is 1. The highest BCUT2D eigenvalue weighted by Gasteiger charge is 2.27. The second-order valence-corrected chi connectivity index (χ2v) is 5.38. The molecule has 1 fully saturated rings. The number of carbonyl (C=O) groups is 4. The van der Waals surface area contributed by atoms with Gasteiger partial charge in [-0.1, -0.05) is 0 Å². The van der Waals surface area contributed by atoms with Gasteiger partial charge in [0.25, 0.3) is 0 Å². The van der Waals surface area contributed by atoms with Gasteiger partial charge in [-0.05, 0) is 26.7 Å². The predicted molar refractivity (Wildman–Crippen MR) is 74.5 cm³/mol. The molecule has 0 radical (unpaired) electrons. The maximum absolute atomic E-state index is 11.9. The standard InChI is InChI=1S/C13H22N4O4/c1-8(2)14-12(20)13(21)16-15-11(19)10-5-4-6-17(7-10)9(3)18/h8,10H,4-7H2,1-3H3,(H,14,20)(H,15,19)(H,16,21)/t10-/m0/s1. The smallest absolute Gasteiger partial charge is 0.327 e. The van der Waals surface area contributed by atoms with E-state index in [-0.39, 0.29) is 17.9 Å². The van der Waals surface area contributed by atoms with Crippen LogP contribution in [0.15, 0.2) is 0 Å². The monoisotopic (exact) mass is 298 g/mol. The summed E-state index contributed by atoms with van der Waals surface area (Å²) in [4.78, 5) is 47.6. The van der Waals surface area contributed by atoms with Gasteiger partial charge in [0.1, 0.15) is 0 Å². The molecule has 1 rings (SSSR count). The number of hydrazine groups is 1. The summed E-state index contributed by atoms with van der Waals surface area (Å²) in [6.45, 7) is 5.88. The fourth-order valence-electron chi connectivity index (χ4n) is 2.08. The number of hydrogen-bond acceptors (Lipinski definition) is 4. The Kier molecular flexibility index (Phi) is 6.13. The summed E-state index contributed by atoms with van der Waals surface area (Å²) in [7, 11) is 0. The van der Waals surface area contributed by atoms with Crippen LogP contribution in [0.1, 0.15) is 33.6 Å². The molecule has 0 spiro atoms. The first kappa shape index (κ1) is 16.9. The molecule has 8 heteroatoms. The Labute approximate surface area is 123 Å².